The van der Waals surface area contributed by atoms with Gasteiger partial charge in [0, 0.05) is 44.6 Å². The zero-order chi connectivity index (χ0) is 17.4. The standard InChI is InChI=1S/C17H29N3O3S/c1-17(2)13-20(24(21,22)11-5-4-10-23-3)15(17)16-18-8-9-19(16)12-14-6-7-14/h8-9,14-15H,4-7,10-13H2,1-3H3. The Balaban J connectivity index is 1.73. The first kappa shape index (κ1) is 17.9. The summed E-state index contributed by atoms with van der Waals surface area (Å²) in [6.45, 7) is 6.40. The molecule has 0 aromatic carbocycles. The van der Waals surface area contributed by atoms with Gasteiger partial charge in [0.15, 0.2) is 0 Å². The molecule has 1 aromatic heterocycles. The van der Waals surface area contributed by atoms with Crippen molar-refractivity contribution < 1.29 is 13.2 Å². The average molecular weight is 356 g/mol. The first-order valence-electron chi connectivity index (χ1n) is 8.84. The highest BCUT2D eigenvalue weighted by atomic mass is 32.2. The first-order valence-corrected chi connectivity index (χ1v) is 10.5. The molecular weight excluding hydrogens is 326 g/mol. The van der Waals surface area contributed by atoms with Crippen molar-refractivity contribution in [1.29, 1.82) is 0 Å². The second-order valence-corrected chi connectivity index (χ2v) is 9.87. The minimum absolute atomic E-state index is 0.0771. The molecule has 2 heterocycles. The summed E-state index contributed by atoms with van der Waals surface area (Å²) in [5, 5.41) is 0. The van der Waals surface area contributed by atoms with Crippen molar-refractivity contribution in [2.24, 2.45) is 11.3 Å². The third-order valence-corrected chi connectivity index (χ3v) is 6.95. The lowest BCUT2D eigenvalue weighted by molar-refractivity contribution is 0.0112. The molecule has 136 valence electrons. The Kier molecular flexibility index (Phi) is 5.04. The highest BCUT2D eigenvalue weighted by Crippen LogP contribution is 2.49. The number of aromatic nitrogens is 2. The van der Waals surface area contributed by atoms with Crippen LogP contribution in [0.3, 0.4) is 0 Å². The predicted octanol–water partition coefficient (Wildman–Crippen LogP) is 2.43. The topological polar surface area (TPSA) is 64.4 Å². The lowest BCUT2D eigenvalue weighted by Crippen LogP contribution is -2.59. The molecule has 1 aromatic rings. The van der Waals surface area contributed by atoms with Gasteiger partial charge in [-0.3, -0.25) is 0 Å². The molecule has 2 aliphatic rings. The molecule has 0 N–H and O–H groups in total. The van der Waals surface area contributed by atoms with E-state index in [-0.39, 0.29) is 17.2 Å². The smallest absolute Gasteiger partial charge is 0.214 e. The van der Waals surface area contributed by atoms with Gasteiger partial charge < -0.3 is 9.30 Å². The number of sulfonamides is 1. The fourth-order valence-corrected chi connectivity index (χ4v) is 5.58. The molecule has 0 amide bonds. The molecule has 1 saturated heterocycles. The van der Waals surface area contributed by atoms with Crippen LogP contribution < -0.4 is 0 Å². The lowest BCUT2D eigenvalue weighted by atomic mass is 9.76. The third kappa shape index (κ3) is 3.68. The molecule has 3 rings (SSSR count). The lowest BCUT2D eigenvalue weighted by Gasteiger charge is -2.52. The number of ether oxygens (including phenoxy) is 1. The maximum absolute atomic E-state index is 12.8. The van der Waals surface area contributed by atoms with E-state index in [1.807, 2.05) is 6.20 Å². The maximum atomic E-state index is 12.8. The minimum Gasteiger partial charge on any atom is -0.385 e. The van der Waals surface area contributed by atoms with Crippen LogP contribution in [0.15, 0.2) is 12.4 Å². The highest BCUT2D eigenvalue weighted by Gasteiger charge is 2.53. The normalized spacial score (nSPS) is 24.0. The van der Waals surface area contributed by atoms with Crippen LogP contribution >= 0.6 is 0 Å². The van der Waals surface area contributed by atoms with E-state index in [1.165, 1.54) is 12.8 Å². The van der Waals surface area contributed by atoms with Gasteiger partial charge in [-0.25, -0.2) is 13.4 Å². The van der Waals surface area contributed by atoms with Crippen molar-refractivity contribution in [2.45, 2.75) is 52.1 Å². The van der Waals surface area contributed by atoms with Crippen LogP contribution in [-0.4, -0.2) is 48.3 Å². The molecule has 24 heavy (non-hydrogen) atoms. The second kappa shape index (κ2) is 6.77. The number of nitrogens with zero attached hydrogens (tertiary/aromatic N) is 3. The predicted molar refractivity (Wildman–Crippen MR) is 93.1 cm³/mol. The monoisotopic (exact) mass is 355 g/mol. The van der Waals surface area contributed by atoms with Crippen molar-refractivity contribution in [3.05, 3.63) is 18.2 Å². The van der Waals surface area contributed by atoms with E-state index < -0.39 is 10.0 Å². The van der Waals surface area contributed by atoms with Gasteiger partial charge in [-0.1, -0.05) is 13.8 Å². The molecule has 7 heteroatoms. The summed E-state index contributed by atoms with van der Waals surface area (Å²) in [6, 6.07) is -0.154. The number of hydrogen-bond donors (Lipinski definition) is 0. The molecular formula is C17H29N3O3S. The number of hydrogen-bond acceptors (Lipinski definition) is 4. The Morgan fingerprint density at radius 1 is 1.33 bits per heavy atom. The van der Waals surface area contributed by atoms with Crippen molar-refractivity contribution in [2.75, 3.05) is 26.0 Å². The number of methoxy groups -OCH3 is 1. The van der Waals surface area contributed by atoms with Crippen molar-refractivity contribution in [3.8, 4) is 0 Å². The van der Waals surface area contributed by atoms with E-state index >= 15 is 0 Å². The Hall–Kier alpha value is -0.920. The number of imidazole rings is 1. The van der Waals surface area contributed by atoms with Gasteiger partial charge in [-0.15, -0.1) is 0 Å². The Morgan fingerprint density at radius 3 is 2.71 bits per heavy atom. The van der Waals surface area contributed by atoms with Crippen molar-refractivity contribution in [3.63, 3.8) is 0 Å². The Labute approximate surface area is 145 Å². The van der Waals surface area contributed by atoms with Crippen LogP contribution in [0.5, 0.6) is 0 Å². The summed E-state index contributed by atoms with van der Waals surface area (Å²) in [7, 11) is -1.61. The van der Waals surface area contributed by atoms with Crippen LogP contribution in [0.25, 0.3) is 0 Å². The molecule has 1 atom stereocenters. The molecule has 0 radical (unpaired) electrons. The summed E-state index contributed by atoms with van der Waals surface area (Å²) in [5.74, 6) is 1.82. The van der Waals surface area contributed by atoms with E-state index in [9.17, 15) is 8.42 Å². The Morgan fingerprint density at radius 2 is 2.08 bits per heavy atom. The molecule has 1 unspecified atom stereocenters. The fraction of sp³-hybridized carbons (Fsp3) is 0.824. The summed E-state index contributed by atoms with van der Waals surface area (Å²) in [4.78, 5) is 4.52. The molecule has 0 spiro atoms. The second-order valence-electron chi connectivity index (χ2n) is 7.83. The maximum Gasteiger partial charge on any atom is 0.214 e. The van der Waals surface area contributed by atoms with Crippen LogP contribution in [0.4, 0.5) is 0 Å². The minimum atomic E-state index is -3.26. The van der Waals surface area contributed by atoms with Gasteiger partial charge in [-0.05, 0) is 31.6 Å². The molecule has 1 aliphatic heterocycles. The zero-order valence-electron chi connectivity index (χ0n) is 14.9. The number of rotatable bonds is 9. The SMILES string of the molecule is COCCCCS(=O)(=O)N1CC(C)(C)C1c1nccn1CC1CC1. The summed E-state index contributed by atoms with van der Waals surface area (Å²) in [6.07, 6.45) is 7.74. The Bertz CT molecular complexity index is 664. The van der Waals surface area contributed by atoms with E-state index in [1.54, 1.807) is 17.6 Å². The molecule has 1 aliphatic carbocycles. The van der Waals surface area contributed by atoms with Crippen molar-refractivity contribution >= 4 is 10.0 Å². The summed E-state index contributed by atoms with van der Waals surface area (Å²) in [5.41, 5.74) is -0.0771. The van der Waals surface area contributed by atoms with Gasteiger partial charge in [0.2, 0.25) is 10.0 Å². The molecule has 0 bridgehead atoms. The average Bonchev–Trinajstić information content (AvgIpc) is 3.21. The number of unbranched alkanes of at least 4 members (excludes halogenated alkanes) is 1. The summed E-state index contributed by atoms with van der Waals surface area (Å²) >= 11 is 0. The molecule has 6 nitrogen and oxygen atoms in total. The van der Waals surface area contributed by atoms with Crippen LogP contribution in [0.2, 0.25) is 0 Å². The highest BCUT2D eigenvalue weighted by molar-refractivity contribution is 7.89. The fourth-order valence-electron chi connectivity index (χ4n) is 3.54. The third-order valence-electron chi connectivity index (χ3n) is 5.09. The van der Waals surface area contributed by atoms with Crippen LogP contribution in [0, 0.1) is 11.3 Å². The quantitative estimate of drug-likeness (QED) is 0.638. The van der Waals surface area contributed by atoms with E-state index in [2.05, 4.69) is 23.4 Å². The van der Waals surface area contributed by atoms with Gasteiger partial charge in [-0.2, -0.15) is 4.31 Å². The van der Waals surface area contributed by atoms with Gasteiger partial charge in [0.1, 0.15) is 5.82 Å². The van der Waals surface area contributed by atoms with Crippen molar-refractivity contribution in [1.82, 2.24) is 13.9 Å². The molecule has 2 fully saturated rings. The summed E-state index contributed by atoms with van der Waals surface area (Å²) < 4.78 is 34.4. The first-order chi connectivity index (χ1) is 11.3. The van der Waals surface area contributed by atoms with Crippen LogP contribution in [0.1, 0.15) is 51.4 Å². The van der Waals surface area contributed by atoms with Gasteiger partial charge in [0.05, 0.1) is 11.8 Å². The van der Waals surface area contributed by atoms with Gasteiger partial charge >= 0.3 is 0 Å². The van der Waals surface area contributed by atoms with Crippen LogP contribution in [-0.2, 0) is 21.3 Å². The van der Waals surface area contributed by atoms with Gasteiger partial charge in [0.25, 0.3) is 0 Å². The van der Waals surface area contributed by atoms with E-state index in [0.29, 0.717) is 19.6 Å². The largest absolute Gasteiger partial charge is 0.385 e. The molecule has 1 saturated carbocycles. The zero-order valence-corrected chi connectivity index (χ0v) is 15.8. The van der Waals surface area contributed by atoms with E-state index in [0.717, 1.165) is 24.7 Å². The van der Waals surface area contributed by atoms with E-state index in [4.69, 9.17) is 4.74 Å².